The van der Waals surface area contributed by atoms with E-state index in [9.17, 15) is 9.36 Å². The number of hydrogen-bond donors (Lipinski definition) is 4. The summed E-state index contributed by atoms with van der Waals surface area (Å²) in [5, 5.41) is 11.6. The third-order valence-electron chi connectivity index (χ3n) is 2.16. The molecule has 1 heterocycles. The van der Waals surface area contributed by atoms with Crippen molar-refractivity contribution in [2.75, 3.05) is 25.8 Å². The number of aliphatic carboxylic acids is 1. The van der Waals surface area contributed by atoms with Crippen molar-refractivity contribution in [1.29, 1.82) is 0 Å². The SMILES string of the molecule is O=C(O)[C@H]1CN(C=CCP(=O)(O)O)CCN1. The Bertz CT molecular complexity index is 326. The van der Waals surface area contributed by atoms with E-state index in [1.165, 1.54) is 12.3 Å². The van der Waals surface area contributed by atoms with Gasteiger partial charge in [0.05, 0.1) is 6.16 Å². The van der Waals surface area contributed by atoms with Crippen LogP contribution in [-0.4, -0.2) is 57.6 Å². The summed E-state index contributed by atoms with van der Waals surface area (Å²) in [7, 11) is -4.01. The van der Waals surface area contributed by atoms with Gasteiger partial charge in [0, 0.05) is 19.6 Å². The molecule has 0 aromatic carbocycles. The average Bonchev–Trinajstić information content (AvgIpc) is 2.16. The van der Waals surface area contributed by atoms with Crippen LogP contribution in [0.15, 0.2) is 12.3 Å². The lowest BCUT2D eigenvalue weighted by atomic mass is 10.2. The van der Waals surface area contributed by atoms with Gasteiger partial charge in [-0.05, 0) is 6.20 Å². The third-order valence-corrected chi connectivity index (χ3v) is 2.85. The zero-order chi connectivity index (χ0) is 12.2. The van der Waals surface area contributed by atoms with E-state index < -0.39 is 19.6 Å². The van der Waals surface area contributed by atoms with Gasteiger partial charge in [-0.1, -0.05) is 6.08 Å². The van der Waals surface area contributed by atoms with E-state index in [2.05, 4.69) is 5.32 Å². The number of piperazine rings is 1. The molecule has 1 fully saturated rings. The van der Waals surface area contributed by atoms with E-state index in [1.807, 2.05) is 0 Å². The average molecular weight is 250 g/mol. The molecule has 0 bridgehead atoms. The summed E-state index contributed by atoms with van der Waals surface area (Å²) in [5.41, 5.74) is 0. The summed E-state index contributed by atoms with van der Waals surface area (Å²) in [6.07, 6.45) is 2.58. The second kappa shape index (κ2) is 5.45. The second-order valence-electron chi connectivity index (χ2n) is 3.57. The smallest absolute Gasteiger partial charge is 0.329 e. The van der Waals surface area contributed by atoms with Crippen LogP contribution in [-0.2, 0) is 9.36 Å². The van der Waals surface area contributed by atoms with Gasteiger partial charge in [-0.3, -0.25) is 9.36 Å². The predicted molar refractivity (Wildman–Crippen MR) is 57.1 cm³/mol. The highest BCUT2D eigenvalue weighted by molar-refractivity contribution is 7.51. The topological polar surface area (TPSA) is 110 Å². The van der Waals surface area contributed by atoms with Crippen molar-refractivity contribution >= 4 is 13.6 Å². The Balaban J connectivity index is 2.43. The normalized spacial score (nSPS) is 22.6. The lowest BCUT2D eigenvalue weighted by Gasteiger charge is -2.30. The van der Waals surface area contributed by atoms with Crippen molar-refractivity contribution in [2.45, 2.75) is 6.04 Å². The molecule has 0 amide bonds. The second-order valence-corrected chi connectivity index (χ2v) is 5.27. The Morgan fingerprint density at radius 2 is 2.25 bits per heavy atom. The quantitative estimate of drug-likeness (QED) is 0.475. The number of carboxylic acid groups (broad SMARTS) is 1. The van der Waals surface area contributed by atoms with E-state index >= 15 is 0 Å². The number of nitrogens with zero attached hydrogens (tertiary/aromatic N) is 1. The molecule has 8 heteroatoms. The van der Waals surface area contributed by atoms with Crippen molar-refractivity contribution in [2.24, 2.45) is 0 Å². The number of allylic oxidation sites excluding steroid dienone is 1. The van der Waals surface area contributed by atoms with Gasteiger partial charge in [-0.25, -0.2) is 0 Å². The predicted octanol–water partition coefficient (Wildman–Crippen LogP) is -0.964. The van der Waals surface area contributed by atoms with Crippen molar-refractivity contribution in [3.05, 3.63) is 12.3 Å². The van der Waals surface area contributed by atoms with E-state index in [4.69, 9.17) is 14.9 Å². The van der Waals surface area contributed by atoms with Gasteiger partial charge < -0.3 is 25.1 Å². The van der Waals surface area contributed by atoms with Crippen molar-refractivity contribution in [3.8, 4) is 0 Å². The van der Waals surface area contributed by atoms with Crippen LogP contribution in [0.4, 0.5) is 0 Å². The molecule has 1 aliphatic rings. The first-order chi connectivity index (χ1) is 7.38. The Kier molecular flexibility index (Phi) is 4.49. The highest BCUT2D eigenvalue weighted by Gasteiger charge is 2.22. The van der Waals surface area contributed by atoms with E-state index in [1.54, 1.807) is 4.90 Å². The summed E-state index contributed by atoms with van der Waals surface area (Å²) in [4.78, 5) is 29.7. The maximum absolute atomic E-state index is 10.7. The van der Waals surface area contributed by atoms with Crippen LogP contribution in [0.5, 0.6) is 0 Å². The molecule has 1 atom stereocenters. The molecule has 1 rings (SSSR count). The van der Waals surface area contributed by atoms with E-state index in [0.717, 1.165) is 0 Å². The molecule has 92 valence electrons. The number of rotatable bonds is 4. The number of nitrogens with one attached hydrogen (secondary N) is 1. The first-order valence-corrected chi connectivity index (χ1v) is 6.60. The summed E-state index contributed by atoms with van der Waals surface area (Å²) in [5.74, 6) is -0.923. The standard InChI is InChI=1S/C8H15N2O5P/c11-8(12)7-6-10(4-2-9-7)3-1-5-16(13,14)15/h1,3,7,9H,2,4-6H2,(H,11,12)(H2,13,14,15)/t7-/m1/s1. The van der Waals surface area contributed by atoms with E-state index in [-0.39, 0.29) is 6.16 Å². The van der Waals surface area contributed by atoms with Gasteiger partial charge in [0.1, 0.15) is 6.04 Å². The number of carbonyl (C=O) groups is 1. The molecule has 0 aromatic heterocycles. The van der Waals surface area contributed by atoms with Gasteiger partial charge in [-0.2, -0.15) is 0 Å². The van der Waals surface area contributed by atoms with Gasteiger partial charge >= 0.3 is 13.6 Å². The van der Waals surface area contributed by atoms with Crippen molar-refractivity contribution in [3.63, 3.8) is 0 Å². The fraction of sp³-hybridized carbons (Fsp3) is 0.625. The molecule has 1 saturated heterocycles. The van der Waals surface area contributed by atoms with Crippen LogP contribution in [0.1, 0.15) is 0 Å². The van der Waals surface area contributed by atoms with Crippen LogP contribution in [0.25, 0.3) is 0 Å². The van der Waals surface area contributed by atoms with E-state index in [0.29, 0.717) is 19.6 Å². The van der Waals surface area contributed by atoms with Crippen LogP contribution in [0, 0.1) is 0 Å². The number of carboxylic acids is 1. The largest absolute Gasteiger partial charge is 0.480 e. The molecule has 1 aliphatic heterocycles. The molecule has 0 spiro atoms. The minimum atomic E-state index is -4.01. The molecule has 0 aromatic rings. The lowest BCUT2D eigenvalue weighted by molar-refractivity contribution is -0.140. The monoisotopic (exact) mass is 250 g/mol. The molecule has 0 aliphatic carbocycles. The maximum Gasteiger partial charge on any atom is 0.329 e. The zero-order valence-corrected chi connectivity index (χ0v) is 9.51. The van der Waals surface area contributed by atoms with Crippen LogP contribution in [0.2, 0.25) is 0 Å². The van der Waals surface area contributed by atoms with Crippen molar-refractivity contribution in [1.82, 2.24) is 10.2 Å². The lowest BCUT2D eigenvalue weighted by Crippen LogP contribution is -2.52. The molecule has 0 saturated carbocycles. The van der Waals surface area contributed by atoms with Crippen LogP contribution >= 0.6 is 7.60 Å². The van der Waals surface area contributed by atoms with Crippen LogP contribution in [0.3, 0.4) is 0 Å². The maximum atomic E-state index is 10.7. The minimum absolute atomic E-state index is 0.299. The fourth-order valence-electron chi connectivity index (χ4n) is 1.41. The van der Waals surface area contributed by atoms with Crippen molar-refractivity contribution < 1.29 is 24.3 Å². The summed E-state index contributed by atoms with van der Waals surface area (Å²) >= 11 is 0. The van der Waals surface area contributed by atoms with Gasteiger partial charge in [0.2, 0.25) is 0 Å². The molecule has 0 unspecified atom stereocenters. The first kappa shape index (κ1) is 13.2. The highest BCUT2D eigenvalue weighted by atomic mass is 31.2. The Hall–Kier alpha value is -0.880. The summed E-state index contributed by atoms with van der Waals surface area (Å²) in [6, 6.07) is -0.631. The molecular weight excluding hydrogens is 235 g/mol. The zero-order valence-electron chi connectivity index (χ0n) is 8.61. The van der Waals surface area contributed by atoms with Crippen LogP contribution < -0.4 is 5.32 Å². The van der Waals surface area contributed by atoms with Gasteiger partial charge in [0.25, 0.3) is 0 Å². The molecular formula is C8H15N2O5P. The third kappa shape index (κ3) is 4.76. The fourth-order valence-corrected chi connectivity index (χ4v) is 1.78. The molecule has 4 N–H and O–H groups in total. The number of hydrogen-bond acceptors (Lipinski definition) is 4. The molecule has 7 nitrogen and oxygen atoms in total. The highest BCUT2D eigenvalue weighted by Crippen LogP contribution is 2.33. The Morgan fingerprint density at radius 1 is 1.56 bits per heavy atom. The Labute approximate surface area is 92.9 Å². The van der Waals surface area contributed by atoms with Gasteiger partial charge in [-0.15, -0.1) is 0 Å². The Morgan fingerprint density at radius 3 is 2.81 bits per heavy atom. The minimum Gasteiger partial charge on any atom is -0.480 e. The molecule has 0 radical (unpaired) electrons. The summed E-state index contributed by atoms with van der Waals surface area (Å²) in [6.45, 7) is 1.46. The van der Waals surface area contributed by atoms with Gasteiger partial charge in [0.15, 0.2) is 0 Å². The molecule has 16 heavy (non-hydrogen) atoms. The first-order valence-electron chi connectivity index (χ1n) is 4.80. The summed E-state index contributed by atoms with van der Waals surface area (Å²) < 4.78 is 10.6.